The third-order valence-corrected chi connectivity index (χ3v) is 9.61. The van der Waals surface area contributed by atoms with Crippen molar-refractivity contribution in [3.63, 3.8) is 0 Å². The van der Waals surface area contributed by atoms with E-state index in [-0.39, 0.29) is 0 Å². The van der Waals surface area contributed by atoms with Crippen molar-refractivity contribution in [2.24, 2.45) is 0 Å². The molecule has 224 valence electrons. The molecule has 0 heteroatoms. The average molecular weight is 609 g/mol. The smallest absolute Gasteiger partial charge is 0.00197 e. The Bertz CT molecular complexity index is 2580. The first-order valence-corrected chi connectivity index (χ1v) is 16.6. The molecular weight excluding hydrogens is 577 g/mol. The molecule has 48 heavy (non-hydrogen) atoms. The minimum atomic E-state index is 1.21. The molecule has 0 saturated carbocycles. The van der Waals surface area contributed by atoms with E-state index < -0.39 is 0 Å². The first kappa shape index (κ1) is 28.0. The van der Waals surface area contributed by atoms with Crippen LogP contribution in [0.1, 0.15) is 0 Å². The van der Waals surface area contributed by atoms with Gasteiger partial charge in [0.05, 0.1) is 0 Å². The quantitative estimate of drug-likeness (QED) is 0.171. The molecule has 0 fully saturated rings. The summed E-state index contributed by atoms with van der Waals surface area (Å²) in [5.74, 6) is 0. The van der Waals surface area contributed by atoms with Gasteiger partial charge in [0.1, 0.15) is 0 Å². The third kappa shape index (κ3) is 4.96. The number of hydrogen-bond donors (Lipinski definition) is 0. The topological polar surface area (TPSA) is 0 Å². The van der Waals surface area contributed by atoms with E-state index >= 15 is 0 Å². The second-order valence-electron chi connectivity index (χ2n) is 12.5. The molecule has 9 aromatic rings. The highest BCUT2D eigenvalue weighted by Gasteiger charge is 2.19. The molecule has 0 radical (unpaired) electrons. The van der Waals surface area contributed by atoms with E-state index in [1.54, 1.807) is 0 Å². The summed E-state index contributed by atoms with van der Waals surface area (Å²) in [5, 5.41) is 7.48. The van der Waals surface area contributed by atoms with E-state index in [1.165, 1.54) is 88.0 Å². The molecule has 9 rings (SSSR count). The summed E-state index contributed by atoms with van der Waals surface area (Å²) in [6.07, 6.45) is 0. The summed E-state index contributed by atoms with van der Waals surface area (Å²) in [6.45, 7) is 0. The minimum Gasteiger partial charge on any atom is -0.0622 e. The van der Waals surface area contributed by atoms with Crippen LogP contribution in [0.5, 0.6) is 0 Å². The van der Waals surface area contributed by atoms with Crippen LogP contribution in [0.3, 0.4) is 0 Å². The standard InChI is InChI=1S/C48H32/c1-4-14-33(15-5-1)38-25-26-39-29-42-30-41(34-16-6-2-7-17-34)32-46(44-23-13-12-22-43(44)36-19-8-3-9-20-36)48(42)47(45(39)31-38)40-27-24-35-18-10-11-21-37(35)28-40/h1-32H. The van der Waals surface area contributed by atoms with Crippen LogP contribution in [-0.4, -0.2) is 0 Å². The van der Waals surface area contributed by atoms with E-state index in [4.69, 9.17) is 0 Å². The van der Waals surface area contributed by atoms with Gasteiger partial charge in [-0.1, -0.05) is 164 Å². The van der Waals surface area contributed by atoms with Crippen molar-refractivity contribution < 1.29 is 0 Å². The Morgan fingerprint density at radius 2 is 0.771 bits per heavy atom. The van der Waals surface area contributed by atoms with Crippen molar-refractivity contribution in [1.29, 1.82) is 0 Å². The molecule has 0 aliphatic heterocycles. The van der Waals surface area contributed by atoms with Crippen LogP contribution in [0.4, 0.5) is 0 Å². The lowest BCUT2D eigenvalue weighted by Gasteiger charge is -2.20. The predicted octanol–water partition coefficient (Wildman–Crippen LogP) is 13.5. The molecule has 0 aliphatic carbocycles. The van der Waals surface area contributed by atoms with Crippen LogP contribution < -0.4 is 0 Å². The Morgan fingerprint density at radius 3 is 1.50 bits per heavy atom. The van der Waals surface area contributed by atoms with E-state index in [2.05, 4.69) is 194 Å². The van der Waals surface area contributed by atoms with Gasteiger partial charge in [0.15, 0.2) is 0 Å². The second-order valence-corrected chi connectivity index (χ2v) is 12.5. The Hall–Kier alpha value is -6.24. The van der Waals surface area contributed by atoms with E-state index in [0.717, 1.165) is 0 Å². The Labute approximate surface area is 281 Å². The molecular formula is C48H32. The Kier molecular flexibility index (Phi) is 6.91. The predicted molar refractivity (Wildman–Crippen MR) is 206 cm³/mol. The maximum Gasteiger partial charge on any atom is -0.00197 e. The molecule has 0 bridgehead atoms. The van der Waals surface area contributed by atoms with Crippen LogP contribution in [0.15, 0.2) is 194 Å². The van der Waals surface area contributed by atoms with Crippen LogP contribution in [-0.2, 0) is 0 Å². The van der Waals surface area contributed by atoms with Crippen LogP contribution >= 0.6 is 0 Å². The van der Waals surface area contributed by atoms with Gasteiger partial charge in [-0.05, 0) is 118 Å². The minimum absolute atomic E-state index is 1.21. The van der Waals surface area contributed by atoms with Crippen molar-refractivity contribution in [3.05, 3.63) is 194 Å². The van der Waals surface area contributed by atoms with Crippen molar-refractivity contribution in [2.45, 2.75) is 0 Å². The fraction of sp³-hybridized carbons (Fsp3) is 0. The zero-order chi connectivity index (χ0) is 31.9. The van der Waals surface area contributed by atoms with Crippen LogP contribution in [0, 0.1) is 0 Å². The first-order valence-electron chi connectivity index (χ1n) is 16.6. The average Bonchev–Trinajstić information content (AvgIpc) is 3.17. The molecule has 0 saturated heterocycles. The van der Waals surface area contributed by atoms with Crippen molar-refractivity contribution in [1.82, 2.24) is 0 Å². The van der Waals surface area contributed by atoms with E-state index in [0.29, 0.717) is 0 Å². The molecule has 0 N–H and O–H groups in total. The molecule has 0 aromatic heterocycles. The molecule has 9 aromatic carbocycles. The van der Waals surface area contributed by atoms with Gasteiger partial charge >= 0.3 is 0 Å². The number of rotatable bonds is 5. The molecule has 0 amide bonds. The third-order valence-electron chi connectivity index (χ3n) is 9.61. The first-order chi connectivity index (χ1) is 23.8. The highest BCUT2D eigenvalue weighted by molar-refractivity contribution is 6.20. The molecule has 0 aliphatic rings. The Morgan fingerprint density at radius 1 is 0.229 bits per heavy atom. The number of fused-ring (bicyclic) bond motifs is 3. The van der Waals surface area contributed by atoms with Gasteiger partial charge in [0.25, 0.3) is 0 Å². The summed E-state index contributed by atoms with van der Waals surface area (Å²) in [5.41, 5.74) is 12.3. The lowest BCUT2D eigenvalue weighted by molar-refractivity contribution is 1.59. The summed E-state index contributed by atoms with van der Waals surface area (Å²) in [4.78, 5) is 0. The Balaban J connectivity index is 1.45. The zero-order valence-electron chi connectivity index (χ0n) is 26.5. The summed E-state index contributed by atoms with van der Waals surface area (Å²) in [7, 11) is 0. The fourth-order valence-corrected chi connectivity index (χ4v) is 7.31. The van der Waals surface area contributed by atoms with Gasteiger partial charge in [-0.25, -0.2) is 0 Å². The molecule has 0 atom stereocenters. The maximum absolute atomic E-state index is 2.41. The molecule has 0 nitrogen and oxygen atoms in total. The zero-order valence-corrected chi connectivity index (χ0v) is 26.5. The highest BCUT2D eigenvalue weighted by Crippen LogP contribution is 2.46. The van der Waals surface area contributed by atoms with Gasteiger partial charge in [0, 0.05) is 0 Å². The summed E-state index contributed by atoms with van der Waals surface area (Å²) < 4.78 is 0. The number of benzene rings is 9. The van der Waals surface area contributed by atoms with Crippen molar-refractivity contribution >= 4 is 32.3 Å². The molecule has 0 unspecified atom stereocenters. The summed E-state index contributed by atoms with van der Waals surface area (Å²) >= 11 is 0. The monoisotopic (exact) mass is 608 g/mol. The van der Waals surface area contributed by atoms with Crippen molar-refractivity contribution in [2.75, 3.05) is 0 Å². The fourth-order valence-electron chi connectivity index (χ4n) is 7.31. The van der Waals surface area contributed by atoms with Gasteiger partial charge in [-0.3, -0.25) is 0 Å². The van der Waals surface area contributed by atoms with Gasteiger partial charge in [-0.15, -0.1) is 0 Å². The van der Waals surface area contributed by atoms with E-state index in [1.807, 2.05) is 0 Å². The SMILES string of the molecule is c1ccc(-c2cc(-c3ccccc3-c3ccccc3)c3c(-c4ccc5ccccc5c4)c4cc(-c5ccccc5)ccc4cc3c2)cc1. The normalized spacial score (nSPS) is 11.3. The van der Waals surface area contributed by atoms with Gasteiger partial charge < -0.3 is 0 Å². The second kappa shape index (κ2) is 11.8. The molecule has 0 spiro atoms. The van der Waals surface area contributed by atoms with Crippen LogP contribution in [0.25, 0.3) is 88.0 Å². The lowest BCUT2D eigenvalue weighted by atomic mass is 9.83. The van der Waals surface area contributed by atoms with E-state index in [9.17, 15) is 0 Å². The van der Waals surface area contributed by atoms with Crippen molar-refractivity contribution in [3.8, 4) is 55.6 Å². The lowest BCUT2D eigenvalue weighted by Crippen LogP contribution is -1.93. The largest absolute Gasteiger partial charge is 0.0622 e. The number of hydrogen-bond acceptors (Lipinski definition) is 0. The van der Waals surface area contributed by atoms with Gasteiger partial charge in [-0.2, -0.15) is 0 Å². The maximum atomic E-state index is 2.41. The molecule has 0 heterocycles. The van der Waals surface area contributed by atoms with Gasteiger partial charge in [0.2, 0.25) is 0 Å². The highest BCUT2D eigenvalue weighted by atomic mass is 14.2. The van der Waals surface area contributed by atoms with Crippen LogP contribution in [0.2, 0.25) is 0 Å². The summed E-state index contributed by atoms with van der Waals surface area (Å²) in [6, 6.07) is 70.9.